The summed E-state index contributed by atoms with van der Waals surface area (Å²) in [6.45, 7) is 4.57. The van der Waals surface area contributed by atoms with Gasteiger partial charge in [0.15, 0.2) is 23.0 Å². The number of nitriles is 1. The number of ether oxygens (including phenoxy) is 4. The van der Waals surface area contributed by atoms with Crippen LogP contribution in [0.5, 0.6) is 23.0 Å². The highest BCUT2D eigenvalue weighted by atomic mass is 16.5. The molecule has 0 radical (unpaired) electrons. The topological polar surface area (TPSA) is 81.0 Å². The molecule has 2 aromatic carbocycles. The van der Waals surface area contributed by atoms with E-state index >= 15 is 0 Å². The van der Waals surface area contributed by atoms with Crippen molar-refractivity contribution in [2.24, 2.45) is 5.92 Å². The number of methoxy groups -OCH3 is 4. The number of hydrogen-bond donors (Lipinski definition) is 0. The summed E-state index contributed by atoms with van der Waals surface area (Å²) in [6.07, 6.45) is 1.37. The van der Waals surface area contributed by atoms with Crippen molar-refractivity contribution in [3.63, 3.8) is 0 Å². The van der Waals surface area contributed by atoms with Crippen LogP contribution >= 0.6 is 0 Å². The third-order valence-electron chi connectivity index (χ3n) is 6.43. The third kappa shape index (κ3) is 5.93. The number of carbonyl (C=O) groups is 1. The van der Waals surface area contributed by atoms with Crippen LogP contribution < -0.4 is 18.9 Å². The van der Waals surface area contributed by atoms with Crippen LogP contribution in [0.4, 0.5) is 0 Å². The Hall–Kier alpha value is -3.40. The molecular formula is C27H36N2O5. The van der Waals surface area contributed by atoms with E-state index in [0.29, 0.717) is 42.4 Å². The lowest BCUT2D eigenvalue weighted by Gasteiger charge is -2.32. The van der Waals surface area contributed by atoms with Crippen molar-refractivity contribution in [2.45, 2.75) is 38.5 Å². The molecule has 2 aromatic rings. The van der Waals surface area contributed by atoms with E-state index in [2.05, 4.69) is 6.07 Å². The fraction of sp³-hybridized carbons (Fsp3) is 0.481. The predicted molar refractivity (Wildman–Crippen MR) is 132 cm³/mol. The Kier molecular flexibility index (Phi) is 9.61. The van der Waals surface area contributed by atoms with Gasteiger partial charge in [-0.15, -0.1) is 0 Å². The van der Waals surface area contributed by atoms with Crippen molar-refractivity contribution in [3.05, 3.63) is 47.5 Å². The summed E-state index contributed by atoms with van der Waals surface area (Å²) in [5.74, 6) is 2.51. The molecule has 0 bridgehead atoms. The Morgan fingerprint density at radius 1 is 0.941 bits per heavy atom. The standard InChI is InChI=1S/C27H36N2O5/c1-19(2)27(18-28,21-9-11-23(32-5)25(17-21)34-7)14-12-26(30)29(3)15-13-20-8-10-22(31-4)24(16-20)33-6/h8-11,16-17,19H,12-15H2,1-7H3/t27-/m0/s1. The average molecular weight is 469 g/mol. The molecule has 0 fully saturated rings. The van der Waals surface area contributed by atoms with Gasteiger partial charge in [0.25, 0.3) is 0 Å². The first kappa shape index (κ1) is 26.8. The smallest absolute Gasteiger partial charge is 0.222 e. The lowest BCUT2D eigenvalue weighted by molar-refractivity contribution is -0.130. The number of likely N-dealkylation sites (N-methyl/N-ethyl adjacent to an activating group) is 1. The summed E-state index contributed by atoms with van der Waals surface area (Å²) < 4.78 is 21.4. The van der Waals surface area contributed by atoms with E-state index in [9.17, 15) is 10.1 Å². The molecule has 0 unspecified atom stereocenters. The second-order valence-corrected chi connectivity index (χ2v) is 8.56. The Morgan fingerprint density at radius 2 is 1.50 bits per heavy atom. The van der Waals surface area contributed by atoms with E-state index in [1.54, 1.807) is 46.5 Å². The van der Waals surface area contributed by atoms with Gasteiger partial charge in [-0.3, -0.25) is 4.79 Å². The second kappa shape index (κ2) is 12.2. The van der Waals surface area contributed by atoms with E-state index in [4.69, 9.17) is 18.9 Å². The number of amides is 1. The zero-order chi connectivity index (χ0) is 25.3. The Bertz CT molecular complexity index is 1010. The first-order valence-corrected chi connectivity index (χ1v) is 11.3. The Labute approximate surface area is 203 Å². The molecule has 7 heteroatoms. The van der Waals surface area contributed by atoms with Gasteiger partial charge in [0, 0.05) is 20.0 Å². The zero-order valence-electron chi connectivity index (χ0n) is 21.3. The van der Waals surface area contributed by atoms with Gasteiger partial charge in [-0.1, -0.05) is 26.0 Å². The summed E-state index contributed by atoms with van der Waals surface area (Å²) in [4.78, 5) is 14.7. The quantitative estimate of drug-likeness (QED) is 0.452. The van der Waals surface area contributed by atoms with Crippen molar-refractivity contribution in [2.75, 3.05) is 42.0 Å². The highest BCUT2D eigenvalue weighted by molar-refractivity contribution is 5.76. The number of rotatable bonds is 12. The molecule has 7 nitrogen and oxygen atoms in total. The van der Waals surface area contributed by atoms with E-state index in [0.717, 1.165) is 11.1 Å². The van der Waals surface area contributed by atoms with E-state index < -0.39 is 5.41 Å². The Balaban J connectivity index is 2.11. The largest absolute Gasteiger partial charge is 0.493 e. The average Bonchev–Trinajstić information content (AvgIpc) is 2.86. The maximum Gasteiger partial charge on any atom is 0.222 e. The minimum Gasteiger partial charge on any atom is -0.493 e. The molecule has 1 atom stereocenters. The van der Waals surface area contributed by atoms with Crippen molar-refractivity contribution in [1.29, 1.82) is 5.26 Å². The van der Waals surface area contributed by atoms with Crippen LogP contribution in [0.25, 0.3) is 0 Å². The number of benzene rings is 2. The van der Waals surface area contributed by atoms with Gasteiger partial charge in [-0.2, -0.15) is 5.26 Å². The van der Waals surface area contributed by atoms with E-state index in [1.807, 2.05) is 44.2 Å². The van der Waals surface area contributed by atoms with Gasteiger partial charge in [0.05, 0.1) is 39.9 Å². The molecule has 34 heavy (non-hydrogen) atoms. The molecule has 0 saturated carbocycles. The molecule has 0 spiro atoms. The first-order valence-electron chi connectivity index (χ1n) is 11.3. The molecule has 2 rings (SSSR count). The van der Waals surface area contributed by atoms with Crippen LogP contribution in [0.1, 0.15) is 37.8 Å². The van der Waals surface area contributed by atoms with Crippen LogP contribution in [-0.2, 0) is 16.6 Å². The molecule has 184 valence electrons. The minimum absolute atomic E-state index is 0.000436. The fourth-order valence-corrected chi connectivity index (χ4v) is 4.08. The van der Waals surface area contributed by atoms with Crippen LogP contribution in [0, 0.1) is 17.2 Å². The van der Waals surface area contributed by atoms with Gasteiger partial charge in [-0.05, 0) is 54.2 Å². The van der Waals surface area contributed by atoms with Crippen LogP contribution in [0.3, 0.4) is 0 Å². The van der Waals surface area contributed by atoms with Gasteiger partial charge < -0.3 is 23.8 Å². The van der Waals surface area contributed by atoms with Crippen molar-refractivity contribution in [1.82, 2.24) is 4.90 Å². The van der Waals surface area contributed by atoms with E-state index in [1.165, 1.54) is 0 Å². The lowest BCUT2D eigenvalue weighted by Crippen LogP contribution is -2.35. The highest BCUT2D eigenvalue weighted by Crippen LogP contribution is 2.40. The van der Waals surface area contributed by atoms with Crippen molar-refractivity contribution < 1.29 is 23.7 Å². The van der Waals surface area contributed by atoms with Crippen LogP contribution in [-0.4, -0.2) is 52.8 Å². The van der Waals surface area contributed by atoms with Crippen LogP contribution in [0.15, 0.2) is 36.4 Å². The van der Waals surface area contributed by atoms with Gasteiger partial charge in [-0.25, -0.2) is 0 Å². The zero-order valence-corrected chi connectivity index (χ0v) is 21.3. The number of hydrogen-bond acceptors (Lipinski definition) is 6. The molecule has 0 aliphatic carbocycles. The highest BCUT2D eigenvalue weighted by Gasteiger charge is 2.37. The van der Waals surface area contributed by atoms with Gasteiger partial charge in [0.2, 0.25) is 5.91 Å². The molecule has 0 heterocycles. The molecular weight excluding hydrogens is 432 g/mol. The second-order valence-electron chi connectivity index (χ2n) is 8.56. The molecule has 0 aromatic heterocycles. The minimum atomic E-state index is -0.820. The molecule has 0 saturated heterocycles. The summed E-state index contributed by atoms with van der Waals surface area (Å²) in [5, 5.41) is 10.2. The molecule has 0 N–H and O–H groups in total. The molecule has 0 aliphatic rings. The summed E-state index contributed by atoms with van der Waals surface area (Å²) in [7, 11) is 8.15. The fourth-order valence-electron chi connectivity index (χ4n) is 4.08. The first-order chi connectivity index (χ1) is 16.3. The normalized spacial score (nSPS) is 12.4. The SMILES string of the molecule is COc1ccc(CCN(C)C(=O)CC[C@@](C#N)(c2ccc(OC)c(OC)c2)C(C)C)cc1OC. The van der Waals surface area contributed by atoms with Gasteiger partial charge >= 0.3 is 0 Å². The monoisotopic (exact) mass is 468 g/mol. The van der Waals surface area contributed by atoms with Crippen molar-refractivity contribution >= 4 is 5.91 Å². The van der Waals surface area contributed by atoms with Gasteiger partial charge in [0.1, 0.15) is 0 Å². The summed E-state index contributed by atoms with van der Waals surface area (Å²) in [6, 6.07) is 13.8. The predicted octanol–water partition coefficient (Wildman–Crippen LogP) is 4.62. The maximum atomic E-state index is 13.0. The Morgan fingerprint density at radius 3 is 2.03 bits per heavy atom. The lowest BCUT2D eigenvalue weighted by atomic mass is 9.69. The molecule has 0 aliphatic heterocycles. The van der Waals surface area contributed by atoms with Crippen LogP contribution in [0.2, 0.25) is 0 Å². The number of nitrogens with zero attached hydrogens (tertiary/aromatic N) is 2. The summed E-state index contributed by atoms with van der Waals surface area (Å²) >= 11 is 0. The molecule has 1 amide bonds. The van der Waals surface area contributed by atoms with E-state index in [-0.39, 0.29) is 18.2 Å². The maximum absolute atomic E-state index is 13.0. The summed E-state index contributed by atoms with van der Waals surface area (Å²) in [5.41, 5.74) is 1.05. The van der Waals surface area contributed by atoms with Crippen molar-refractivity contribution in [3.8, 4) is 29.1 Å². The number of carbonyl (C=O) groups excluding carboxylic acids is 1. The third-order valence-corrected chi connectivity index (χ3v) is 6.43.